The molecule has 368 valence electrons. The number of piperidine rings is 2. The van der Waals surface area contributed by atoms with E-state index in [1.807, 2.05) is 28.0 Å². The van der Waals surface area contributed by atoms with E-state index in [4.69, 9.17) is 52.1 Å². The highest BCUT2D eigenvalue weighted by molar-refractivity contribution is 6.32. The van der Waals surface area contributed by atoms with Crippen LogP contribution in [0, 0.1) is 35.5 Å². The van der Waals surface area contributed by atoms with Crippen molar-refractivity contribution in [2.75, 3.05) is 40.6 Å². The number of aromatic amines is 2. The Morgan fingerprint density at radius 2 is 1.01 bits per heavy atom. The number of alkyl carbamates (subject to hydrolysis) is 2. The molecule has 5 aromatic rings. The van der Waals surface area contributed by atoms with Crippen LogP contribution in [0.1, 0.15) is 76.1 Å². The summed E-state index contributed by atoms with van der Waals surface area (Å²) >= 11 is 13.8. The number of amides is 4. The highest BCUT2D eigenvalue weighted by Crippen LogP contribution is 2.59. The van der Waals surface area contributed by atoms with E-state index in [1.165, 1.54) is 14.2 Å². The van der Waals surface area contributed by atoms with Gasteiger partial charge in [0.25, 0.3) is 0 Å². The summed E-state index contributed by atoms with van der Waals surface area (Å²) in [5.41, 5.74) is 4.96. The number of H-pyrrole nitrogens is 2. The molecule has 16 nitrogen and oxygen atoms in total. The number of carbonyl (C=O) groups excluding carboxylic acids is 4. The molecule has 18 heteroatoms. The first kappa shape index (κ1) is 46.7. The standard InChI is InChI=1S/C52H58Cl2N8O8/c1-25-35-23-37(61(43(25)35)49(63)41(57-51(65)67-3)29-13-17-69-18-14-29)47-55-39(45(53)59-47)28-7-5-27(6-8-28)31-9-10-33-22-34(12-11-32(33)21-31)40-46(54)60-48(56-40)38-24-36-26(2)44(36)62(38)50(64)42(58-52(66)68-4)30-15-19-70-20-16-30/h5-12,21-22,25-26,29-30,35-38,41-44H,13-20,23-24H2,1-4H3,(H,55,59)(H,56,60)(H,57,65)(H,58,66)/t25-,26-,35+,36+,37+,38+,41+,42+,43-,44-/m1/s1. The fourth-order valence-corrected chi connectivity index (χ4v) is 12.8. The summed E-state index contributed by atoms with van der Waals surface area (Å²) in [6, 6.07) is 18.7. The van der Waals surface area contributed by atoms with Crippen LogP contribution in [0.5, 0.6) is 0 Å². The number of hydrogen-bond donors (Lipinski definition) is 4. The number of carbonyl (C=O) groups is 4. The van der Waals surface area contributed by atoms with Crippen LogP contribution < -0.4 is 10.6 Å². The number of ether oxygens (including phenoxy) is 4. The first-order valence-corrected chi connectivity index (χ1v) is 25.3. The van der Waals surface area contributed by atoms with Gasteiger partial charge < -0.3 is 49.3 Å². The van der Waals surface area contributed by atoms with E-state index in [-0.39, 0.29) is 47.8 Å². The number of likely N-dealkylation sites (tertiary alicyclic amines) is 2. The molecule has 70 heavy (non-hydrogen) atoms. The lowest BCUT2D eigenvalue weighted by Gasteiger charge is -2.35. The zero-order valence-corrected chi connectivity index (χ0v) is 41.1. The molecule has 6 fully saturated rings. The maximum atomic E-state index is 14.5. The molecule has 3 aromatic carbocycles. The van der Waals surface area contributed by atoms with Crippen LogP contribution in [0.3, 0.4) is 0 Å². The molecule has 11 rings (SSSR count). The van der Waals surface area contributed by atoms with E-state index in [9.17, 15) is 19.2 Å². The number of imidazole rings is 2. The SMILES string of the molecule is COC(=O)N[C@H](C(=O)N1[C@@H]2[C@H](C)[C@@H]2C[C@H]1c1nc(-c2ccc(-c3ccc4cc(-c5nc([C@@H]6C[C@H]7[C@@H](C)[C@H]7N6C(=O)[C@@H](NC(=O)OC)C6CCOCC6)[nH]c5Cl)ccc4c3)cc2)c(Cl)[nH]1)C1CCOCC1. The highest BCUT2D eigenvalue weighted by Gasteiger charge is 2.63. The second-order valence-corrected chi connectivity index (χ2v) is 20.8. The maximum absolute atomic E-state index is 14.5. The molecule has 6 heterocycles. The summed E-state index contributed by atoms with van der Waals surface area (Å²) in [7, 11) is 2.62. The van der Waals surface area contributed by atoms with Crippen LogP contribution in [0.15, 0.2) is 60.7 Å². The summed E-state index contributed by atoms with van der Waals surface area (Å²) < 4.78 is 21.0. The van der Waals surface area contributed by atoms with Gasteiger partial charge in [-0.3, -0.25) is 9.59 Å². The minimum Gasteiger partial charge on any atom is -0.453 e. The molecule has 0 unspecified atom stereocenters. The molecule has 6 aliphatic rings. The summed E-state index contributed by atoms with van der Waals surface area (Å²) in [6.45, 7) is 6.49. The summed E-state index contributed by atoms with van der Waals surface area (Å²) in [4.78, 5) is 74.5. The Balaban J connectivity index is 0.797. The molecule has 0 bridgehead atoms. The van der Waals surface area contributed by atoms with Gasteiger partial charge in [0, 0.05) is 49.6 Å². The lowest BCUT2D eigenvalue weighted by atomic mass is 9.90. The first-order valence-electron chi connectivity index (χ1n) is 24.6. The lowest BCUT2D eigenvalue weighted by molar-refractivity contribution is -0.139. The van der Waals surface area contributed by atoms with Crippen molar-refractivity contribution >= 4 is 58.0 Å². The molecule has 10 atom stereocenters. The second kappa shape index (κ2) is 18.8. The Bertz CT molecular complexity index is 2820. The van der Waals surface area contributed by atoms with Crippen LogP contribution in [0.4, 0.5) is 9.59 Å². The van der Waals surface area contributed by atoms with E-state index < -0.39 is 24.3 Å². The van der Waals surface area contributed by atoms with Gasteiger partial charge in [-0.1, -0.05) is 85.6 Å². The third-order valence-corrected chi connectivity index (χ3v) is 16.9. The fraction of sp³-hybridized carbons (Fsp3) is 0.500. The molecule has 4 amide bonds. The molecule has 2 saturated carbocycles. The number of rotatable bonds is 11. The fourth-order valence-electron chi connectivity index (χ4n) is 12.3. The van der Waals surface area contributed by atoms with Gasteiger partial charge in [0.1, 0.15) is 45.4 Å². The minimum atomic E-state index is -0.731. The smallest absolute Gasteiger partial charge is 0.407 e. The van der Waals surface area contributed by atoms with Gasteiger partial charge in [0.05, 0.1) is 26.3 Å². The van der Waals surface area contributed by atoms with Gasteiger partial charge in [0.15, 0.2) is 0 Å². The third kappa shape index (κ3) is 8.47. The maximum Gasteiger partial charge on any atom is 0.407 e. The number of aromatic nitrogens is 4. The number of benzene rings is 3. The monoisotopic (exact) mass is 992 g/mol. The van der Waals surface area contributed by atoms with E-state index in [2.05, 4.69) is 76.9 Å². The van der Waals surface area contributed by atoms with Crippen molar-refractivity contribution in [3.8, 4) is 33.6 Å². The van der Waals surface area contributed by atoms with Crippen LogP contribution in [0.25, 0.3) is 44.4 Å². The lowest BCUT2D eigenvalue weighted by Crippen LogP contribution is -2.54. The molecule has 2 aromatic heterocycles. The number of methoxy groups -OCH3 is 2. The Labute approximate surface area is 415 Å². The zero-order valence-electron chi connectivity index (χ0n) is 39.6. The van der Waals surface area contributed by atoms with E-state index in [1.54, 1.807) is 0 Å². The van der Waals surface area contributed by atoms with Crippen molar-refractivity contribution in [3.05, 3.63) is 82.6 Å². The zero-order chi connectivity index (χ0) is 48.5. The van der Waals surface area contributed by atoms with Crippen molar-refractivity contribution in [3.63, 3.8) is 0 Å². The molecule has 0 radical (unpaired) electrons. The van der Waals surface area contributed by atoms with Crippen LogP contribution in [0.2, 0.25) is 10.3 Å². The Morgan fingerprint density at radius 1 is 0.614 bits per heavy atom. The molecule has 0 spiro atoms. The number of halogens is 2. The Kier molecular flexibility index (Phi) is 12.6. The average Bonchev–Trinajstić information content (AvgIpc) is 3.79. The second-order valence-electron chi connectivity index (χ2n) is 20.1. The summed E-state index contributed by atoms with van der Waals surface area (Å²) in [6.07, 6.45) is 2.95. The molecule has 4 aliphatic heterocycles. The predicted molar refractivity (Wildman–Crippen MR) is 262 cm³/mol. The van der Waals surface area contributed by atoms with E-state index in [0.717, 1.165) is 45.9 Å². The van der Waals surface area contributed by atoms with E-state index in [0.29, 0.717) is 109 Å². The van der Waals surface area contributed by atoms with Gasteiger partial charge in [-0.2, -0.15) is 0 Å². The van der Waals surface area contributed by atoms with Gasteiger partial charge in [-0.15, -0.1) is 0 Å². The van der Waals surface area contributed by atoms with Crippen molar-refractivity contribution in [1.82, 2.24) is 40.4 Å². The largest absolute Gasteiger partial charge is 0.453 e. The number of fused-ring (bicyclic) bond motifs is 3. The number of nitrogens with zero attached hydrogens (tertiary/aromatic N) is 4. The van der Waals surface area contributed by atoms with Gasteiger partial charge in [-0.25, -0.2) is 19.6 Å². The summed E-state index contributed by atoms with van der Waals surface area (Å²) in [5, 5.41) is 8.57. The van der Waals surface area contributed by atoms with Crippen LogP contribution >= 0.6 is 23.2 Å². The normalized spacial score (nSPS) is 27.1. The van der Waals surface area contributed by atoms with Crippen molar-refractivity contribution in [2.45, 2.75) is 88.6 Å². The highest BCUT2D eigenvalue weighted by atomic mass is 35.5. The Hall–Kier alpha value is -5.68. The Morgan fingerprint density at radius 3 is 1.47 bits per heavy atom. The predicted octanol–water partition coefficient (Wildman–Crippen LogP) is 8.71. The number of hydrogen-bond acceptors (Lipinski definition) is 10. The number of nitrogens with one attached hydrogen (secondary N) is 4. The molecular formula is C52H58Cl2N8O8. The van der Waals surface area contributed by atoms with Crippen LogP contribution in [-0.2, 0) is 28.5 Å². The van der Waals surface area contributed by atoms with Gasteiger partial charge >= 0.3 is 12.2 Å². The van der Waals surface area contributed by atoms with Crippen molar-refractivity contribution in [1.29, 1.82) is 0 Å². The van der Waals surface area contributed by atoms with E-state index >= 15 is 0 Å². The van der Waals surface area contributed by atoms with Crippen molar-refractivity contribution < 1.29 is 38.1 Å². The topological polar surface area (TPSA) is 193 Å². The third-order valence-electron chi connectivity index (χ3n) is 16.4. The molecule has 4 N–H and O–H groups in total. The first-order chi connectivity index (χ1) is 33.9. The summed E-state index contributed by atoms with van der Waals surface area (Å²) in [5.74, 6) is 2.29. The quantitative estimate of drug-likeness (QED) is 0.0995. The van der Waals surface area contributed by atoms with Gasteiger partial charge in [-0.05, 0) is 108 Å². The minimum absolute atomic E-state index is 0.0654. The molecule has 2 aliphatic carbocycles. The molecule has 4 saturated heterocycles. The van der Waals surface area contributed by atoms with Gasteiger partial charge in [0.2, 0.25) is 11.8 Å². The molecular weight excluding hydrogens is 936 g/mol. The van der Waals surface area contributed by atoms with Crippen molar-refractivity contribution in [2.24, 2.45) is 35.5 Å². The van der Waals surface area contributed by atoms with Crippen LogP contribution in [-0.4, -0.2) is 119 Å². The average molecular weight is 994 g/mol.